The van der Waals surface area contributed by atoms with Gasteiger partial charge in [0, 0.05) is 55.3 Å². The first kappa shape index (κ1) is 15.6. The van der Waals surface area contributed by atoms with Crippen LogP contribution in [0.4, 0.5) is 0 Å². The second-order valence-corrected chi connectivity index (χ2v) is 6.28. The van der Waals surface area contributed by atoms with E-state index in [2.05, 4.69) is 15.1 Å². The van der Waals surface area contributed by atoms with Crippen molar-refractivity contribution >= 4 is 5.91 Å². The van der Waals surface area contributed by atoms with Crippen molar-refractivity contribution in [1.29, 1.82) is 0 Å². The smallest absolute Gasteiger partial charge is 0.224 e. The summed E-state index contributed by atoms with van der Waals surface area (Å²) in [6, 6.07) is 3.93. The molecule has 1 fully saturated rings. The maximum Gasteiger partial charge on any atom is 0.224 e. The normalized spacial score (nSPS) is 17.7. The van der Waals surface area contributed by atoms with Crippen molar-refractivity contribution in [1.82, 2.24) is 24.6 Å². The SMILES string of the molecule is Cc1cc(C)nc(C2CCN(C(=O)CCn3nccc3C)C2)n1. The standard InChI is InChI=1S/C17H23N5O/c1-12-10-13(2)20-17(19-12)15-5-8-21(11-15)16(23)6-9-22-14(3)4-7-18-22/h4,7,10,15H,5-6,8-9,11H2,1-3H3. The molecule has 3 rings (SSSR count). The van der Waals surface area contributed by atoms with Gasteiger partial charge in [-0.2, -0.15) is 5.10 Å². The maximum absolute atomic E-state index is 12.4. The Hall–Kier alpha value is -2.24. The zero-order valence-corrected chi connectivity index (χ0v) is 14.0. The van der Waals surface area contributed by atoms with E-state index in [1.165, 1.54) is 0 Å². The van der Waals surface area contributed by atoms with Gasteiger partial charge in [-0.3, -0.25) is 9.48 Å². The monoisotopic (exact) mass is 313 g/mol. The second kappa shape index (κ2) is 6.48. The molecule has 1 aliphatic heterocycles. The third-order valence-corrected chi connectivity index (χ3v) is 4.37. The van der Waals surface area contributed by atoms with Gasteiger partial charge in [-0.25, -0.2) is 9.97 Å². The van der Waals surface area contributed by atoms with Crippen LogP contribution in [0.2, 0.25) is 0 Å². The summed E-state index contributed by atoms with van der Waals surface area (Å²) in [6.45, 7) is 8.13. The summed E-state index contributed by atoms with van der Waals surface area (Å²) in [5.74, 6) is 1.32. The summed E-state index contributed by atoms with van der Waals surface area (Å²) in [6.07, 6.45) is 3.20. The van der Waals surface area contributed by atoms with E-state index in [9.17, 15) is 4.79 Å². The molecule has 1 atom stereocenters. The van der Waals surface area contributed by atoms with Gasteiger partial charge in [-0.15, -0.1) is 0 Å². The van der Waals surface area contributed by atoms with E-state index in [1.807, 2.05) is 42.5 Å². The molecule has 0 aromatic carbocycles. The number of nitrogens with zero attached hydrogens (tertiary/aromatic N) is 5. The number of carbonyl (C=O) groups excluding carboxylic acids is 1. The Kier molecular flexibility index (Phi) is 4.41. The first-order valence-corrected chi connectivity index (χ1v) is 8.11. The Balaban J connectivity index is 1.58. The maximum atomic E-state index is 12.4. The molecule has 0 aliphatic carbocycles. The van der Waals surface area contributed by atoms with Gasteiger partial charge >= 0.3 is 0 Å². The summed E-state index contributed by atoms with van der Waals surface area (Å²) in [7, 11) is 0. The number of carbonyl (C=O) groups is 1. The third kappa shape index (κ3) is 3.57. The predicted molar refractivity (Wildman–Crippen MR) is 87.0 cm³/mol. The van der Waals surface area contributed by atoms with E-state index in [0.29, 0.717) is 13.0 Å². The molecule has 6 heteroatoms. The Labute approximate surface area is 136 Å². The molecule has 1 aliphatic rings. The van der Waals surface area contributed by atoms with Gasteiger partial charge in [0.1, 0.15) is 5.82 Å². The third-order valence-electron chi connectivity index (χ3n) is 4.37. The molecule has 0 radical (unpaired) electrons. The van der Waals surface area contributed by atoms with Crippen molar-refractivity contribution in [2.75, 3.05) is 13.1 Å². The zero-order valence-electron chi connectivity index (χ0n) is 14.0. The molecule has 1 unspecified atom stereocenters. The highest BCUT2D eigenvalue weighted by Gasteiger charge is 2.29. The average Bonchev–Trinajstić information content (AvgIpc) is 3.13. The van der Waals surface area contributed by atoms with Crippen LogP contribution in [0.5, 0.6) is 0 Å². The zero-order chi connectivity index (χ0) is 16.4. The number of amides is 1. The molecule has 3 heterocycles. The van der Waals surface area contributed by atoms with Crippen LogP contribution < -0.4 is 0 Å². The number of likely N-dealkylation sites (tertiary alicyclic amines) is 1. The van der Waals surface area contributed by atoms with E-state index in [1.54, 1.807) is 6.20 Å². The molecule has 0 N–H and O–H groups in total. The van der Waals surface area contributed by atoms with Crippen LogP contribution in [0.15, 0.2) is 18.3 Å². The predicted octanol–water partition coefficient (Wildman–Crippen LogP) is 2.00. The first-order valence-electron chi connectivity index (χ1n) is 8.11. The van der Waals surface area contributed by atoms with Crippen LogP contribution in [-0.2, 0) is 11.3 Å². The fourth-order valence-corrected chi connectivity index (χ4v) is 3.13. The van der Waals surface area contributed by atoms with E-state index < -0.39 is 0 Å². The lowest BCUT2D eigenvalue weighted by Gasteiger charge is -2.16. The summed E-state index contributed by atoms with van der Waals surface area (Å²) >= 11 is 0. The summed E-state index contributed by atoms with van der Waals surface area (Å²) in [5.41, 5.74) is 3.07. The minimum absolute atomic E-state index is 0.187. The van der Waals surface area contributed by atoms with E-state index >= 15 is 0 Å². The van der Waals surface area contributed by atoms with Crippen LogP contribution in [0, 0.1) is 20.8 Å². The number of aryl methyl sites for hydroxylation is 4. The Morgan fingerprint density at radius 3 is 2.65 bits per heavy atom. The largest absolute Gasteiger partial charge is 0.342 e. The van der Waals surface area contributed by atoms with Crippen LogP contribution >= 0.6 is 0 Å². The van der Waals surface area contributed by atoms with Crippen LogP contribution in [0.3, 0.4) is 0 Å². The van der Waals surface area contributed by atoms with E-state index in [-0.39, 0.29) is 11.8 Å². The molecule has 2 aromatic heterocycles. The van der Waals surface area contributed by atoms with Crippen LogP contribution in [0.25, 0.3) is 0 Å². The van der Waals surface area contributed by atoms with Gasteiger partial charge in [0.05, 0.1) is 0 Å². The fourth-order valence-electron chi connectivity index (χ4n) is 3.13. The second-order valence-electron chi connectivity index (χ2n) is 6.28. The quantitative estimate of drug-likeness (QED) is 0.866. The van der Waals surface area contributed by atoms with Crippen molar-refractivity contribution in [2.45, 2.75) is 46.1 Å². The molecule has 6 nitrogen and oxygen atoms in total. The molecule has 0 saturated carbocycles. The number of rotatable bonds is 4. The summed E-state index contributed by atoms with van der Waals surface area (Å²) in [5, 5.41) is 4.22. The molecular weight excluding hydrogens is 290 g/mol. The topological polar surface area (TPSA) is 63.9 Å². The van der Waals surface area contributed by atoms with Crippen molar-refractivity contribution in [3.63, 3.8) is 0 Å². The Morgan fingerprint density at radius 1 is 1.26 bits per heavy atom. The minimum atomic E-state index is 0.187. The van der Waals surface area contributed by atoms with Gasteiger partial charge in [0.2, 0.25) is 5.91 Å². The lowest BCUT2D eigenvalue weighted by Crippen LogP contribution is -2.29. The average molecular weight is 313 g/mol. The molecular formula is C17H23N5O. The van der Waals surface area contributed by atoms with Gasteiger partial charge in [-0.05, 0) is 39.3 Å². The summed E-state index contributed by atoms with van der Waals surface area (Å²) < 4.78 is 1.87. The number of hydrogen-bond donors (Lipinski definition) is 0. The molecule has 2 aromatic rings. The van der Waals surface area contributed by atoms with E-state index in [0.717, 1.165) is 42.4 Å². The first-order chi connectivity index (χ1) is 11.0. The number of hydrogen-bond acceptors (Lipinski definition) is 4. The highest BCUT2D eigenvalue weighted by molar-refractivity contribution is 5.76. The molecule has 1 saturated heterocycles. The lowest BCUT2D eigenvalue weighted by atomic mass is 10.1. The summed E-state index contributed by atoms with van der Waals surface area (Å²) in [4.78, 5) is 23.4. The van der Waals surface area contributed by atoms with Crippen LogP contribution in [0.1, 0.15) is 41.7 Å². The lowest BCUT2D eigenvalue weighted by molar-refractivity contribution is -0.130. The Morgan fingerprint density at radius 2 is 2.00 bits per heavy atom. The van der Waals surface area contributed by atoms with Gasteiger partial charge in [-0.1, -0.05) is 0 Å². The highest BCUT2D eigenvalue weighted by atomic mass is 16.2. The van der Waals surface area contributed by atoms with Gasteiger partial charge in [0.25, 0.3) is 0 Å². The van der Waals surface area contributed by atoms with E-state index in [4.69, 9.17) is 0 Å². The molecule has 1 amide bonds. The van der Waals surface area contributed by atoms with Crippen molar-refractivity contribution in [2.24, 2.45) is 0 Å². The van der Waals surface area contributed by atoms with Crippen molar-refractivity contribution in [3.8, 4) is 0 Å². The van der Waals surface area contributed by atoms with Crippen molar-refractivity contribution in [3.05, 3.63) is 41.2 Å². The van der Waals surface area contributed by atoms with Gasteiger partial charge < -0.3 is 4.90 Å². The molecule has 0 bridgehead atoms. The van der Waals surface area contributed by atoms with Crippen molar-refractivity contribution < 1.29 is 4.79 Å². The molecule has 23 heavy (non-hydrogen) atoms. The fraction of sp³-hybridized carbons (Fsp3) is 0.529. The highest BCUT2D eigenvalue weighted by Crippen LogP contribution is 2.25. The minimum Gasteiger partial charge on any atom is -0.342 e. The van der Waals surface area contributed by atoms with Gasteiger partial charge in [0.15, 0.2) is 0 Å². The Bertz CT molecular complexity index is 689. The number of aromatic nitrogens is 4. The van der Waals surface area contributed by atoms with Crippen LogP contribution in [-0.4, -0.2) is 43.6 Å². The molecule has 122 valence electrons. The molecule has 0 spiro atoms.